The third kappa shape index (κ3) is 5.74. The van der Waals surface area contributed by atoms with Gasteiger partial charge in [-0.3, -0.25) is 4.79 Å². The van der Waals surface area contributed by atoms with Crippen molar-refractivity contribution in [3.8, 4) is 11.5 Å². The van der Waals surface area contributed by atoms with Gasteiger partial charge in [-0.2, -0.15) is 0 Å². The molecule has 0 saturated heterocycles. The van der Waals surface area contributed by atoms with Crippen LogP contribution >= 0.6 is 0 Å². The molecule has 0 aliphatic heterocycles. The Labute approximate surface area is 172 Å². The van der Waals surface area contributed by atoms with Gasteiger partial charge in [0, 0.05) is 17.7 Å². The molecule has 0 spiro atoms. The van der Waals surface area contributed by atoms with Crippen molar-refractivity contribution in [3.63, 3.8) is 0 Å². The predicted octanol–water partition coefficient (Wildman–Crippen LogP) is 5.74. The fourth-order valence-corrected chi connectivity index (χ4v) is 3.23. The van der Waals surface area contributed by atoms with E-state index in [1.807, 2.05) is 49.4 Å². The summed E-state index contributed by atoms with van der Waals surface area (Å²) in [5.74, 6) is 1.48. The highest BCUT2D eigenvalue weighted by atomic mass is 16.5. The number of unbranched alkanes of at least 4 members (excludes halogenated alkanes) is 2. The summed E-state index contributed by atoms with van der Waals surface area (Å²) in [4.78, 5) is 12.5. The van der Waals surface area contributed by atoms with Crippen molar-refractivity contribution >= 4 is 16.7 Å². The number of rotatable bonds is 10. The van der Waals surface area contributed by atoms with E-state index in [0.29, 0.717) is 25.3 Å². The first-order valence-electron chi connectivity index (χ1n) is 10.4. The minimum Gasteiger partial charge on any atom is -0.493 e. The zero-order valence-electron chi connectivity index (χ0n) is 17.2. The Morgan fingerprint density at radius 2 is 1.72 bits per heavy atom. The van der Waals surface area contributed by atoms with Crippen LogP contribution in [0.2, 0.25) is 0 Å². The van der Waals surface area contributed by atoms with Crippen molar-refractivity contribution in [3.05, 3.63) is 71.8 Å². The van der Waals surface area contributed by atoms with E-state index in [0.717, 1.165) is 41.7 Å². The number of fused-ring (bicyclic) bond motifs is 1. The van der Waals surface area contributed by atoms with Gasteiger partial charge in [0.25, 0.3) is 5.91 Å². The van der Waals surface area contributed by atoms with E-state index in [9.17, 15) is 4.79 Å². The van der Waals surface area contributed by atoms with Gasteiger partial charge in [0.2, 0.25) is 0 Å². The summed E-state index contributed by atoms with van der Waals surface area (Å²) < 4.78 is 11.8. The highest BCUT2D eigenvalue weighted by Gasteiger charge is 2.11. The lowest BCUT2D eigenvalue weighted by Gasteiger charge is -2.14. The standard InChI is InChI=1S/C25H29NO3/c1-3-5-8-15-26-25(27)21-12-14-24(28-4-2)22(16-21)18-29-23-13-11-19-9-6-7-10-20(19)17-23/h6-7,9-14,16-17H,3-5,8,15,18H2,1-2H3,(H,26,27). The number of ether oxygens (including phenoxy) is 2. The van der Waals surface area contributed by atoms with Crippen molar-refractivity contribution in [2.24, 2.45) is 0 Å². The maximum absolute atomic E-state index is 12.5. The van der Waals surface area contributed by atoms with E-state index in [2.05, 4.69) is 24.4 Å². The average molecular weight is 392 g/mol. The molecule has 0 aromatic heterocycles. The van der Waals surface area contributed by atoms with E-state index in [1.54, 1.807) is 6.07 Å². The molecular weight excluding hydrogens is 362 g/mol. The van der Waals surface area contributed by atoms with E-state index in [4.69, 9.17) is 9.47 Å². The Balaban J connectivity index is 1.72. The lowest BCUT2D eigenvalue weighted by Crippen LogP contribution is -2.24. The van der Waals surface area contributed by atoms with Crippen LogP contribution in [-0.2, 0) is 6.61 Å². The van der Waals surface area contributed by atoms with Crippen molar-refractivity contribution in [2.45, 2.75) is 39.7 Å². The molecule has 4 nitrogen and oxygen atoms in total. The van der Waals surface area contributed by atoms with Crippen molar-refractivity contribution in [1.29, 1.82) is 0 Å². The van der Waals surface area contributed by atoms with Gasteiger partial charge >= 0.3 is 0 Å². The quantitative estimate of drug-likeness (QED) is 0.449. The van der Waals surface area contributed by atoms with Gasteiger partial charge in [-0.05, 0) is 54.4 Å². The second kappa shape index (κ2) is 10.5. The molecular formula is C25H29NO3. The summed E-state index contributed by atoms with van der Waals surface area (Å²) in [6, 6.07) is 19.7. The van der Waals surface area contributed by atoms with Gasteiger partial charge in [0.15, 0.2) is 0 Å². The molecule has 152 valence electrons. The van der Waals surface area contributed by atoms with E-state index >= 15 is 0 Å². The van der Waals surface area contributed by atoms with Crippen LogP contribution in [0.1, 0.15) is 49.0 Å². The first-order valence-corrected chi connectivity index (χ1v) is 10.4. The Kier molecular flexibility index (Phi) is 7.51. The summed E-state index contributed by atoms with van der Waals surface area (Å²) in [6.07, 6.45) is 3.25. The zero-order chi connectivity index (χ0) is 20.5. The molecule has 29 heavy (non-hydrogen) atoms. The van der Waals surface area contributed by atoms with Crippen molar-refractivity contribution < 1.29 is 14.3 Å². The first-order chi connectivity index (χ1) is 14.2. The average Bonchev–Trinajstić information content (AvgIpc) is 2.76. The van der Waals surface area contributed by atoms with Gasteiger partial charge in [0.05, 0.1) is 6.61 Å². The number of carbonyl (C=O) groups excluding carboxylic acids is 1. The van der Waals surface area contributed by atoms with E-state index < -0.39 is 0 Å². The van der Waals surface area contributed by atoms with Crippen molar-refractivity contribution in [1.82, 2.24) is 5.32 Å². The molecule has 0 atom stereocenters. The number of benzene rings is 3. The molecule has 0 fully saturated rings. The molecule has 3 aromatic carbocycles. The highest BCUT2D eigenvalue weighted by molar-refractivity contribution is 5.94. The van der Waals surface area contributed by atoms with Gasteiger partial charge in [-0.1, -0.05) is 50.1 Å². The Morgan fingerprint density at radius 1 is 0.897 bits per heavy atom. The third-order valence-corrected chi connectivity index (χ3v) is 4.80. The fraction of sp³-hybridized carbons (Fsp3) is 0.320. The second-order valence-corrected chi connectivity index (χ2v) is 7.02. The van der Waals surface area contributed by atoms with E-state index in [-0.39, 0.29) is 5.91 Å². The maximum atomic E-state index is 12.5. The maximum Gasteiger partial charge on any atom is 0.251 e. The topological polar surface area (TPSA) is 47.6 Å². The highest BCUT2D eigenvalue weighted by Crippen LogP contribution is 2.25. The Hall–Kier alpha value is -3.01. The molecule has 3 aromatic rings. The predicted molar refractivity (Wildman–Crippen MR) is 118 cm³/mol. The lowest BCUT2D eigenvalue weighted by molar-refractivity contribution is 0.0952. The van der Waals surface area contributed by atoms with Crippen LogP contribution in [0.25, 0.3) is 10.8 Å². The van der Waals surface area contributed by atoms with Crippen LogP contribution in [0, 0.1) is 0 Å². The molecule has 0 aliphatic carbocycles. The van der Waals surface area contributed by atoms with E-state index in [1.165, 1.54) is 5.39 Å². The number of hydrogen-bond donors (Lipinski definition) is 1. The van der Waals surface area contributed by atoms with Gasteiger partial charge in [-0.25, -0.2) is 0 Å². The second-order valence-electron chi connectivity index (χ2n) is 7.02. The van der Waals surface area contributed by atoms with Crippen LogP contribution in [0.15, 0.2) is 60.7 Å². The summed E-state index contributed by atoms with van der Waals surface area (Å²) in [7, 11) is 0. The first kappa shape index (κ1) is 20.7. The van der Waals surface area contributed by atoms with Crippen LogP contribution in [0.5, 0.6) is 11.5 Å². The summed E-state index contributed by atoms with van der Waals surface area (Å²) in [5, 5.41) is 5.30. The SMILES string of the molecule is CCCCCNC(=O)c1ccc(OCC)c(COc2ccc3ccccc3c2)c1. The molecule has 0 aliphatic rings. The minimum absolute atomic E-state index is 0.0592. The van der Waals surface area contributed by atoms with Gasteiger partial charge < -0.3 is 14.8 Å². The van der Waals surface area contributed by atoms with Crippen molar-refractivity contribution in [2.75, 3.05) is 13.2 Å². The number of amides is 1. The third-order valence-electron chi connectivity index (χ3n) is 4.80. The Morgan fingerprint density at radius 3 is 2.52 bits per heavy atom. The van der Waals surface area contributed by atoms with Crippen LogP contribution in [0.3, 0.4) is 0 Å². The van der Waals surface area contributed by atoms with Crippen LogP contribution < -0.4 is 14.8 Å². The number of nitrogens with one attached hydrogen (secondary N) is 1. The molecule has 3 rings (SSSR count). The Bertz CT molecular complexity index is 952. The lowest BCUT2D eigenvalue weighted by atomic mass is 10.1. The molecule has 0 bridgehead atoms. The molecule has 0 radical (unpaired) electrons. The normalized spacial score (nSPS) is 10.7. The largest absolute Gasteiger partial charge is 0.493 e. The number of hydrogen-bond acceptors (Lipinski definition) is 3. The molecule has 0 unspecified atom stereocenters. The molecule has 0 saturated carbocycles. The molecule has 1 amide bonds. The fourth-order valence-electron chi connectivity index (χ4n) is 3.23. The minimum atomic E-state index is -0.0592. The molecule has 1 N–H and O–H groups in total. The summed E-state index contributed by atoms with van der Waals surface area (Å²) in [6.45, 7) is 5.69. The monoisotopic (exact) mass is 391 g/mol. The summed E-state index contributed by atoms with van der Waals surface area (Å²) >= 11 is 0. The van der Waals surface area contributed by atoms with Gasteiger partial charge in [0.1, 0.15) is 18.1 Å². The molecule has 0 heterocycles. The van der Waals surface area contributed by atoms with Crippen LogP contribution in [-0.4, -0.2) is 19.1 Å². The smallest absolute Gasteiger partial charge is 0.251 e. The van der Waals surface area contributed by atoms with Crippen LogP contribution in [0.4, 0.5) is 0 Å². The summed E-state index contributed by atoms with van der Waals surface area (Å²) in [5.41, 5.74) is 1.49. The zero-order valence-corrected chi connectivity index (χ0v) is 17.2. The number of carbonyl (C=O) groups is 1. The van der Waals surface area contributed by atoms with Gasteiger partial charge in [-0.15, -0.1) is 0 Å². The molecule has 4 heteroatoms.